The standard InChI is InChI=1S/C42H26O/c1-2-13-27(14-3-1)29-16-6-7-18-31(29)39-32-19-8-10-21-34(32)40(35-22-11-9-20-33(35)39)36-23-12-24-37-42(36)41-30-17-5-4-15-28(30)25-26-38(41)43-37/h1-26H/i8D,9D,10D,11D,19D,20D,21D,22D. The van der Waals surface area contributed by atoms with Gasteiger partial charge >= 0.3 is 0 Å². The lowest BCUT2D eigenvalue weighted by Gasteiger charge is -2.20. The van der Waals surface area contributed by atoms with E-state index in [1.807, 2.05) is 103 Å². The van der Waals surface area contributed by atoms with Gasteiger partial charge in [0.2, 0.25) is 0 Å². The second kappa shape index (κ2) is 9.44. The van der Waals surface area contributed by atoms with Crippen molar-refractivity contribution in [1.82, 2.24) is 0 Å². The summed E-state index contributed by atoms with van der Waals surface area (Å²) in [6.45, 7) is 0. The van der Waals surface area contributed by atoms with Crippen molar-refractivity contribution in [2.75, 3.05) is 0 Å². The topological polar surface area (TPSA) is 13.1 Å². The third-order valence-corrected chi connectivity index (χ3v) is 8.31. The Hall–Kier alpha value is -5.66. The predicted octanol–water partition coefficient (Wildman–Crippen LogP) is 12.0. The molecule has 200 valence electrons. The molecule has 0 fully saturated rings. The molecule has 9 aromatic rings. The Balaban J connectivity index is 1.61. The number of hydrogen-bond donors (Lipinski definition) is 0. The summed E-state index contributed by atoms with van der Waals surface area (Å²) in [7, 11) is 0. The van der Waals surface area contributed by atoms with Crippen LogP contribution in [-0.2, 0) is 0 Å². The first kappa shape index (κ1) is 17.3. The average Bonchev–Trinajstić information content (AvgIpc) is 3.56. The average molecular weight is 555 g/mol. The second-order valence-electron chi connectivity index (χ2n) is 10.6. The Kier molecular flexibility index (Phi) is 3.80. The molecule has 0 aliphatic rings. The Bertz CT molecular complexity index is 2870. The maximum Gasteiger partial charge on any atom is 0.136 e. The Morgan fingerprint density at radius 1 is 0.395 bits per heavy atom. The Labute approximate surface area is 260 Å². The monoisotopic (exact) mass is 554 g/mol. The first-order valence-electron chi connectivity index (χ1n) is 18.1. The molecule has 8 aromatic carbocycles. The van der Waals surface area contributed by atoms with Crippen molar-refractivity contribution in [3.63, 3.8) is 0 Å². The quantitative estimate of drug-likeness (QED) is 0.198. The van der Waals surface area contributed by atoms with Gasteiger partial charge in [0.15, 0.2) is 0 Å². The van der Waals surface area contributed by atoms with E-state index in [4.69, 9.17) is 9.90 Å². The van der Waals surface area contributed by atoms with Gasteiger partial charge in [0, 0.05) is 10.8 Å². The highest BCUT2D eigenvalue weighted by molar-refractivity contribution is 6.28. The summed E-state index contributed by atoms with van der Waals surface area (Å²) in [6, 6.07) is 31.4. The van der Waals surface area contributed by atoms with Gasteiger partial charge < -0.3 is 4.42 Å². The van der Waals surface area contributed by atoms with Crippen molar-refractivity contribution in [3.8, 4) is 33.4 Å². The molecule has 1 heteroatoms. The third kappa shape index (κ3) is 3.58. The van der Waals surface area contributed by atoms with Crippen LogP contribution >= 0.6 is 0 Å². The molecule has 0 radical (unpaired) electrons. The number of fused-ring (bicyclic) bond motifs is 7. The fourth-order valence-electron chi connectivity index (χ4n) is 6.53. The van der Waals surface area contributed by atoms with E-state index in [2.05, 4.69) is 0 Å². The number of benzene rings is 8. The maximum absolute atomic E-state index is 9.45. The normalized spacial score (nSPS) is 14.3. The van der Waals surface area contributed by atoms with Gasteiger partial charge in [-0.05, 0) is 77.8 Å². The predicted molar refractivity (Wildman–Crippen MR) is 183 cm³/mol. The summed E-state index contributed by atoms with van der Waals surface area (Å²) in [5, 5.41) is 4.07. The molecule has 0 unspecified atom stereocenters. The molecule has 9 rings (SSSR count). The summed E-state index contributed by atoms with van der Waals surface area (Å²) in [5.41, 5.74) is 4.50. The van der Waals surface area contributed by atoms with Crippen LogP contribution in [0.25, 0.3) is 87.6 Å². The lowest BCUT2D eigenvalue weighted by atomic mass is 9.83. The molecule has 43 heavy (non-hydrogen) atoms. The molecule has 0 aliphatic heterocycles. The summed E-state index contributed by atoms with van der Waals surface area (Å²) >= 11 is 0. The van der Waals surface area contributed by atoms with Crippen LogP contribution in [0.3, 0.4) is 0 Å². The molecule has 0 bridgehead atoms. The van der Waals surface area contributed by atoms with Gasteiger partial charge in [-0.1, -0.05) is 145 Å². The van der Waals surface area contributed by atoms with E-state index >= 15 is 0 Å². The van der Waals surface area contributed by atoms with E-state index < -0.39 is 24.2 Å². The molecule has 0 saturated heterocycles. The van der Waals surface area contributed by atoms with Gasteiger partial charge in [0.25, 0.3) is 0 Å². The van der Waals surface area contributed by atoms with Gasteiger partial charge in [-0.3, -0.25) is 0 Å². The van der Waals surface area contributed by atoms with E-state index in [0.717, 1.165) is 27.3 Å². The molecule has 0 saturated carbocycles. The first-order valence-corrected chi connectivity index (χ1v) is 14.1. The van der Waals surface area contributed by atoms with Crippen molar-refractivity contribution in [2.24, 2.45) is 0 Å². The minimum atomic E-state index is -0.439. The van der Waals surface area contributed by atoms with Crippen LogP contribution in [0.15, 0.2) is 162 Å². The SMILES string of the molecule is [2H]c1c([2H])c([2H])c2c(-c3cccc4oc5ccc6ccccc6c5c34)c3c([2H])c([2H])c([2H])c([2H])c3c(-c3ccccc3-c3ccccc3)c2c1[2H]. The zero-order chi connectivity index (χ0) is 35.3. The molecule has 0 atom stereocenters. The summed E-state index contributed by atoms with van der Waals surface area (Å²) in [6.07, 6.45) is 0. The van der Waals surface area contributed by atoms with Crippen LogP contribution in [0, 0.1) is 0 Å². The van der Waals surface area contributed by atoms with Crippen LogP contribution in [0.4, 0.5) is 0 Å². The molecular weight excluding hydrogens is 520 g/mol. The van der Waals surface area contributed by atoms with Crippen molar-refractivity contribution in [3.05, 3.63) is 158 Å². The van der Waals surface area contributed by atoms with Gasteiger partial charge in [-0.25, -0.2) is 0 Å². The zero-order valence-corrected chi connectivity index (χ0v) is 22.8. The zero-order valence-electron chi connectivity index (χ0n) is 30.8. The van der Waals surface area contributed by atoms with E-state index in [1.165, 1.54) is 0 Å². The van der Waals surface area contributed by atoms with Crippen LogP contribution in [0.2, 0.25) is 0 Å². The molecule has 1 aromatic heterocycles. The van der Waals surface area contributed by atoms with Crippen molar-refractivity contribution in [2.45, 2.75) is 0 Å². The lowest BCUT2D eigenvalue weighted by molar-refractivity contribution is 0.669. The van der Waals surface area contributed by atoms with Crippen LogP contribution in [-0.4, -0.2) is 0 Å². The summed E-state index contributed by atoms with van der Waals surface area (Å²) < 4.78 is 79.5. The summed E-state index contributed by atoms with van der Waals surface area (Å²) in [5.74, 6) is 0. The molecule has 0 N–H and O–H groups in total. The van der Waals surface area contributed by atoms with E-state index in [-0.39, 0.29) is 45.7 Å². The van der Waals surface area contributed by atoms with Crippen LogP contribution in [0.5, 0.6) is 0 Å². The maximum atomic E-state index is 9.45. The molecule has 1 heterocycles. The van der Waals surface area contributed by atoms with Gasteiger partial charge in [-0.2, -0.15) is 0 Å². The van der Waals surface area contributed by atoms with Crippen molar-refractivity contribution in [1.29, 1.82) is 0 Å². The minimum Gasteiger partial charge on any atom is -0.456 e. The highest BCUT2D eigenvalue weighted by Crippen LogP contribution is 2.48. The van der Waals surface area contributed by atoms with E-state index in [0.29, 0.717) is 38.8 Å². The Morgan fingerprint density at radius 2 is 0.953 bits per heavy atom. The van der Waals surface area contributed by atoms with E-state index in [1.54, 1.807) is 6.07 Å². The highest BCUT2D eigenvalue weighted by atomic mass is 16.3. The third-order valence-electron chi connectivity index (χ3n) is 8.31. The molecular formula is C42H26O. The number of furan rings is 1. The molecule has 0 aliphatic carbocycles. The van der Waals surface area contributed by atoms with Crippen molar-refractivity contribution >= 4 is 54.3 Å². The molecule has 0 spiro atoms. The van der Waals surface area contributed by atoms with Crippen LogP contribution < -0.4 is 0 Å². The Morgan fingerprint density at radius 3 is 1.67 bits per heavy atom. The first-order chi connectivity index (χ1) is 24.7. The number of hydrogen-bond acceptors (Lipinski definition) is 1. The fourth-order valence-corrected chi connectivity index (χ4v) is 6.53. The van der Waals surface area contributed by atoms with E-state index in [9.17, 15) is 5.48 Å². The van der Waals surface area contributed by atoms with Crippen molar-refractivity contribution < 1.29 is 15.4 Å². The second-order valence-corrected chi connectivity index (χ2v) is 10.6. The van der Waals surface area contributed by atoms with Gasteiger partial charge in [0.1, 0.15) is 11.2 Å². The highest BCUT2D eigenvalue weighted by Gasteiger charge is 2.22. The minimum absolute atomic E-state index is 0.165. The molecule has 0 amide bonds. The largest absolute Gasteiger partial charge is 0.456 e. The number of rotatable bonds is 3. The smallest absolute Gasteiger partial charge is 0.136 e. The summed E-state index contributed by atoms with van der Waals surface area (Å²) in [4.78, 5) is 0. The molecule has 1 nitrogen and oxygen atoms in total. The van der Waals surface area contributed by atoms with Gasteiger partial charge in [-0.15, -0.1) is 0 Å². The van der Waals surface area contributed by atoms with Crippen LogP contribution in [0.1, 0.15) is 11.0 Å². The van der Waals surface area contributed by atoms with Gasteiger partial charge in [0.05, 0.1) is 11.0 Å². The fraction of sp³-hybridized carbons (Fsp3) is 0. The lowest BCUT2D eigenvalue weighted by Crippen LogP contribution is -1.93.